The molecule has 3 rings (SSSR count). The molecule has 1 unspecified atom stereocenters. The number of allylic oxidation sites excluding steroid dienone is 4. The van der Waals surface area contributed by atoms with Gasteiger partial charge >= 0.3 is 0 Å². The van der Waals surface area contributed by atoms with Crippen molar-refractivity contribution >= 4 is 5.70 Å². The van der Waals surface area contributed by atoms with E-state index in [0.29, 0.717) is 6.04 Å². The van der Waals surface area contributed by atoms with Crippen molar-refractivity contribution in [3.8, 4) is 0 Å². The summed E-state index contributed by atoms with van der Waals surface area (Å²) in [6.07, 6.45) is 14.4. The predicted octanol–water partition coefficient (Wildman–Crippen LogP) is 4.13. The molecule has 18 heavy (non-hydrogen) atoms. The molecule has 0 amide bonds. The summed E-state index contributed by atoms with van der Waals surface area (Å²) < 4.78 is 0. The molecule has 0 aliphatic carbocycles. The topological polar surface area (TPSA) is 3.24 Å². The molecular formula is C17H17N. The fourth-order valence-corrected chi connectivity index (χ4v) is 2.44. The lowest BCUT2D eigenvalue weighted by Gasteiger charge is -2.32. The number of hydrogen-bond donors (Lipinski definition) is 0. The molecule has 1 nitrogen and oxygen atoms in total. The number of hydrogen-bond acceptors (Lipinski definition) is 1. The van der Waals surface area contributed by atoms with Gasteiger partial charge in [0.1, 0.15) is 0 Å². The van der Waals surface area contributed by atoms with Crippen molar-refractivity contribution in [2.24, 2.45) is 0 Å². The van der Waals surface area contributed by atoms with Gasteiger partial charge in [0.25, 0.3) is 0 Å². The first-order valence-electron chi connectivity index (χ1n) is 6.42. The Balaban J connectivity index is 1.99. The van der Waals surface area contributed by atoms with Crippen LogP contribution < -0.4 is 0 Å². The third-order valence-electron chi connectivity index (χ3n) is 3.47. The summed E-state index contributed by atoms with van der Waals surface area (Å²) in [4.78, 5) is 2.36. The molecule has 0 N–H and O–H groups in total. The Labute approximate surface area is 108 Å². The van der Waals surface area contributed by atoms with Crippen molar-refractivity contribution in [1.82, 2.24) is 4.90 Å². The third-order valence-corrected chi connectivity index (χ3v) is 3.47. The highest BCUT2D eigenvalue weighted by Gasteiger charge is 2.20. The van der Waals surface area contributed by atoms with Crippen LogP contribution in [0.2, 0.25) is 0 Å². The van der Waals surface area contributed by atoms with Crippen molar-refractivity contribution in [1.29, 1.82) is 0 Å². The molecule has 0 bridgehead atoms. The van der Waals surface area contributed by atoms with Crippen LogP contribution >= 0.6 is 0 Å². The summed E-state index contributed by atoms with van der Waals surface area (Å²) in [7, 11) is 0. The normalized spacial score (nSPS) is 22.1. The highest BCUT2D eigenvalue weighted by molar-refractivity contribution is 5.68. The molecule has 0 aromatic heterocycles. The van der Waals surface area contributed by atoms with Crippen LogP contribution in [0.25, 0.3) is 5.70 Å². The van der Waals surface area contributed by atoms with E-state index in [1.54, 1.807) is 0 Å². The van der Waals surface area contributed by atoms with Gasteiger partial charge in [0.05, 0.1) is 6.04 Å². The number of fused-ring (bicyclic) bond motifs is 1. The van der Waals surface area contributed by atoms with Crippen molar-refractivity contribution in [2.45, 2.75) is 19.4 Å². The molecule has 1 atom stereocenters. The van der Waals surface area contributed by atoms with Crippen molar-refractivity contribution in [3.05, 3.63) is 78.0 Å². The maximum absolute atomic E-state index is 2.36. The number of rotatable bonds is 1. The van der Waals surface area contributed by atoms with Crippen LogP contribution in [0.3, 0.4) is 0 Å². The summed E-state index contributed by atoms with van der Waals surface area (Å²) in [5.74, 6) is 0. The van der Waals surface area contributed by atoms with E-state index in [2.05, 4.69) is 78.7 Å². The summed E-state index contributed by atoms with van der Waals surface area (Å²) in [6.45, 7) is 2.16. The fourth-order valence-electron chi connectivity index (χ4n) is 2.44. The molecule has 2 aliphatic rings. The number of benzene rings is 1. The molecule has 1 aromatic rings. The van der Waals surface area contributed by atoms with E-state index in [-0.39, 0.29) is 0 Å². The largest absolute Gasteiger partial charge is 0.340 e. The van der Waals surface area contributed by atoms with Gasteiger partial charge in [-0.15, -0.1) is 0 Å². The minimum atomic E-state index is 0.443. The van der Waals surface area contributed by atoms with Gasteiger partial charge in [-0.3, -0.25) is 0 Å². The SMILES string of the molecule is CC1=CCC2C=CC=C(c3ccccc3)N2C=C1. The van der Waals surface area contributed by atoms with Gasteiger partial charge in [0, 0.05) is 11.9 Å². The first-order chi connectivity index (χ1) is 8.84. The molecule has 1 heteroatoms. The van der Waals surface area contributed by atoms with Crippen molar-refractivity contribution < 1.29 is 0 Å². The minimum absolute atomic E-state index is 0.443. The van der Waals surface area contributed by atoms with Crippen LogP contribution in [0, 0.1) is 0 Å². The second-order valence-electron chi connectivity index (χ2n) is 4.78. The van der Waals surface area contributed by atoms with Gasteiger partial charge in [-0.2, -0.15) is 0 Å². The Bertz CT molecular complexity index is 546. The first kappa shape index (κ1) is 11.1. The van der Waals surface area contributed by atoms with Gasteiger partial charge in [-0.25, -0.2) is 0 Å². The average molecular weight is 235 g/mol. The lowest BCUT2D eigenvalue weighted by molar-refractivity contribution is 0.447. The van der Waals surface area contributed by atoms with Gasteiger partial charge in [-0.1, -0.05) is 54.1 Å². The Hall–Kier alpha value is -2.02. The Morgan fingerprint density at radius 2 is 2.00 bits per heavy atom. The van der Waals surface area contributed by atoms with E-state index in [4.69, 9.17) is 0 Å². The Kier molecular flexibility index (Phi) is 2.89. The van der Waals surface area contributed by atoms with E-state index >= 15 is 0 Å². The van der Waals surface area contributed by atoms with E-state index in [1.807, 2.05) is 0 Å². The first-order valence-corrected chi connectivity index (χ1v) is 6.42. The summed E-state index contributed by atoms with van der Waals surface area (Å²) in [6, 6.07) is 11.0. The summed E-state index contributed by atoms with van der Waals surface area (Å²) in [5.41, 5.74) is 3.89. The molecule has 0 saturated heterocycles. The van der Waals surface area contributed by atoms with Crippen LogP contribution in [-0.4, -0.2) is 10.9 Å². The maximum atomic E-state index is 2.36. The highest BCUT2D eigenvalue weighted by atomic mass is 15.2. The van der Waals surface area contributed by atoms with Crippen LogP contribution in [0.5, 0.6) is 0 Å². The fraction of sp³-hybridized carbons (Fsp3) is 0.176. The molecule has 90 valence electrons. The zero-order valence-corrected chi connectivity index (χ0v) is 10.6. The van der Waals surface area contributed by atoms with Crippen LogP contribution in [0.4, 0.5) is 0 Å². The lowest BCUT2D eigenvalue weighted by atomic mass is 10.0. The van der Waals surface area contributed by atoms with Crippen molar-refractivity contribution in [2.75, 3.05) is 0 Å². The molecule has 2 aliphatic heterocycles. The highest BCUT2D eigenvalue weighted by Crippen LogP contribution is 2.29. The standard InChI is InChI=1S/C17H17N/c1-14-10-11-16-8-5-9-17(18(16)13-12-14)15-6-3-2-4-7-15/h2-10,12-13,16H,11H2,1H3. The zero-order chi connectivity index (χ0) is 12.4. The van der Waals surface area contributed by atoms with Crippen LogP contribution in [-0.2, 0) is 0 Å². The zero-order valence-electron chi connectivity index (χ0n) is 10.6. The quantitative estimate of drug-likeness (QED) is 0.707. The van der Waals surface area contributed by atoms with E-state index < -0.39 is 0 Å². The smallest absolute Gasteiger partial charge is 0.0554 e. The average Bonchev–Trinajstić information content (AvgIpc) is 2.62. The predicted molar refractivity (Wildman–Crippen MR) is 76.7 cm³/mol. The monoisotopic (exact) mass is 235 g/mol. The van der Waals surface area contributed by atoms with Gasteiger partial charge < -0.3 is 4.90 Å². The Morgan fingerprint density at radius 3 is 2.83 bits per heavy atom. The van der Waals surface area contributed by atoms with E-state index in [9.17, 15) is 0 Å². The molecule has 0 saturated carbocycles. The number of nitrogens with zero attached hydrogens (tertiary/aromatic N) is 1. The summed E-state index contributed by atoms with van der Waals surface area (Å²) in [5, 5.41) is 0. The van der Waals surface area contributed by atoms with Gasteiger partial charge in [0.2, 0.25) is 0 Å². The van der Waals surface area contributed by atoms with E-state index in [0.717, 1.165) is 6.42 Å². The Morgan fingerprint density at radius 1 is 1.17 bits per heavy atom. The molecule has 1 aromatic carbocycles. The second-order valence-corrected chi connectivity index (χ2v) is 4.78. The molecular weight excluding hydrogens is 218 g/mol. The molecule has 0 spiro atoms. The van der Waals surface area contributed by atoms with Crippen LogP contribution in [0.1, 0.15) is 18.9 Å². The maximum Gasteiger partial charge on any atom is 0.0554 e. The summed E-state index contributed by atoms with van der Waals surface area (Å²) >= 11 is 0. The van der Waals surface area contributed by atoms with Crippen molar-refractivity contribution in [3.63, 3.8) is 0 Å². The minimum Gasteiger partial charge on any atom is -0.340 e. The van der Waals surface area contributed by atoms with Gasteiger partial charge in [0.15, 0.2) is 0 Å². The van der Waals surface area contributed by atoms with Crippen LogP contribution in [0.15, 0.2) is 72.5 Å². The lowest BCUT2D eigenvalue weighted by Crippen LogP contribution is -2.28. The molecule has 2 heterocycles. The van der Waals surface area contributed by atoms with E-state index in [1.165, 1.54) is 16.8 Å². The van der Waals surface area contributed by atoms with Gasteiger partial charge in [-0.05, 0) is 31.1 Å². The molecule has 0 fully saturated rings. The molecule has 0 radical (unpaired) electrons. The third kappa shape index (κ3) is 2.04. The second kappa shape index (κ2) is 4.69.